The largest absolute Gasteiger partial charge is 0.488 e. The Morgan fingerprint density at radius 1 is 1.14 bits per heavy atom. The summed E-state index contributed by atoms with van der Waals surface area (Å²) >= 11 is 12.2. The predicted molar refractivity (Wildman–Crippen MR) is 85.4 cm³/mol. The number of benzene rings is 1. The Labute approximate surface area is 135 Å². The van der Waals surface area contributed by atoms with Gasteiger partial charge in [-0.1, -0.05) is 23.2 Å². The van der Waals surface area contributed by atoms with Crippen molar-refractivity contribution in [2.24, 2.45) is 11.8 Å². The van der Waals surface area contributed by atoms with Crippen LogP contribution < -0.4 is 10.1 Å². The van der Waals surface area contributed by atoms with E-state index in [9.17, 15) is 0 Å². The van der Waals surface area contributed by atoms with Crippen molar-refractivity contribution in [3.05, 3.63) is 28.2 Å². The molecule has 0 saturated carbocycles. The molecule has 2 aliphatic rings. The molecule has 5 heteroatoms. The van der Waals surface area contributed by atoms with Gasteiger partial charge >= 0.3 is 0 Å². The molecule has 2 fully saturated rings. The van der Waals surface area contributed by atoms with Crippen LogP contribution in [0.2, 0.25) is 10.0 Å². The van der Waals surface area contributed by atoms with Crippen molar-refractivity contribution in [2.45, 2.75) is 25.4 Å². The van der Waals surface area contributed by atoms with Crippen LogP contribution in [0.15, 0.2) is 18.2 Å². The van der Waals surface area contributed by atoms with E-state index in [0.29, 0.717) is 21.9 Å². The van der Waals surface area contributed by atoms with Crippen LogP contribution in [0, 0.1) is 11.8 Å². The third-order valence-electron chi connectivity index (χ3n) is 4.45. The second kappa shape index (κ2) is 7.19. The van der Waals surface area contributed by atoms with Crippen LogP contribution in [0.3, 0.4) is 0 Å². The van der Waals surface area contributed by atoms with Gasteiger partial charge in [0.25, 0.3) is 0 Å². The quantitative estimate of drug-likeness (QED) is 0.911. The number of hydrogen-bond donors (Lipinski definition) is 1. The summed E-state index contributed by atoms with van der Waals surface area (Å²) in [5.74, 6) is 1.82. The van der Waals surface area contributed by atoms with E-state index in [1.54, 1.807) is 6.07 Å². The lowest BCUT2D eigenvalue weighted by molar-refractivity contribution is -0.00129. The Kier molecular flexibility index (Phi) is 5.28. The predicted octanol–water partition coefficient (Wildman–Crippen LogP) is 3.78. The van der Waals surface area contributed by atoms with Gasteiger partial charge in [-0.05, 0) is 44.0 Å². The molecule has 21 heavy (non-hydrogen) atoms. The van der Waals surface area contributed by atoms with E-state index in [4.69, 9.17) is 32.7 Å². The summed E-state index contributed by atoms with van der Waals surface area (Å²) in [6.07, 6.45) is 3.48. The topological polar surface area (TPSA) is 30.5 Å². The van der Waals surface area contributed by atoms with Gasteiger partial charge in [-0.15, -0.1) is 0 Å². The second-order valence-corrected chi connectivity index (χ2v) is 6.70. The summed E-state index contributed by atoms with van der Waals surface area (Å²) < 4.78 is 11.8. The number of hydrogen-bond acceptors (Lipinski definition) is 3. The lowest BCUT2D eigenvalue weighted by atomic mass is 9.85. The van der Waals surface area contributed by atoms with Gasteiger partial charge in [0.15, 0.2) is 0 Å². The second-order valence-electron chi connectivity index (χ2n) is 5.86. The first-order chi connectivity index (χ1) is 10.2. The van der Waals surface area contributed by atoms with E-state index in [-0.39, 0.29) is 6.10 Å². The zero-order valence-corrected chi connectivity index (χ0v) is 13.5. The highest BCUT2D eigenvalue weighted by atomic mass is 35.5. The van der Waals surface area contributed by atoms with Gasteiger partial charge < -0.3 is 14.8 Å². The number of halogens is 2. The highest BCUT2D eigenvalue weighted by Crippen LogP contribution is 2.34. The van der Waals surface area contributed by atoms with Gasteiger partial charge in [0, 0.05) is 36.6 Å². The van der Waals surface area contributed by atoms with Crippen molar-refractivity contribution in [2.75, 3.05) is 26.3 Å². The molecule has 0 aromatic heterocycles. The SMILES string of the molecule is Clc1ccc(O[C@@H](C2CCOCC2)[C@H]2CCNC2)c(Cl)c1. The first-order valence-corrected chi connectivity index (χ1v) is 8.40. The molecule has 1 N–H and O–H groups in total. The zero-order chi connectivity index (χ0) is 14.7. The Morgan fingerprint density at radius 3 is 2.62 bits per heavy atom. The van der Waals surface area contributed by atoms with Crippen molar-refractivity contribution in [1.82, 2.24) is 5.32 Å². The maximum absolute atomic E-state index is 6.34. The van der Waals surface area contributed by atoms with Gasteiger partial charge in [0.2, 0.25) is 0 Å². The average Bonchev–Trinajstić information content (AvgIpc) is 3.01. The smallest absolute Gasteiger partial charge is 0.138 e. The third-order valence-corrected chi connectivity index (χ3v) is 4.98. The van der Waals surface area contributed by atoms with E-state index < -0.39 is 0 Å². The van der Waals surface area contributed by atoms with Gasteiger partial charge in [0.05, 0.1) is 5.02 Å². The van der Waals surface area contributed by atoms with Crippen LogP contribution in [-0.4, -0.2) is 32.4 Å². The molecular formula is C16H21Cl2NO2. The molecule has 0 bridgehead atoms. The molecule has 2 aliphatic heterocycles. The molecule has 0 spiro atoms. The zero-order valence-electron chi connectivity index (χ0n) is 12.0. The van der Waals surface area contributed by atoms with Crippen molar-refractivity contribution >= 4 is 23.2 Å². The van der Waals surface area contributed by atoms with Crippen molar-refractivity contribution in [1.29, 1.82) is 0 Å². The molecule has 116 valence electrons. The Morgan fingerprint density at radius 2 is 1.95 bits per heavy atom. The number of rotatable bonds is 4. The molecule has 3 rings (SSSR count). The summed E-state index contributed by atoms with van der Waals surface area (Å²) in [7, 11) is 0. The Hall–Kier alpha value is -0.480. The lowest BCUT2D eigenvalue weighted by Gasteiger charge is -2.34. The fraction of sp³-hybridized carbons (Fsp3) is 0.625. The van der Waals surface area contributed by atoms with E-state index >= 15 is 0 Å². The minimum atomic E-state index is 0.197. The van der Waals surface area contributed by atoms with E-state index in [1.807, 2.05) is 12.1 Å². The van der Waals surface area contributed by atoms with E-state index in [0.717, 1.165) is 51.3 Å². The maximum atomic E-state index is 6.34. The van der Waals surface area contributed by atoms with Gasteiger partial charge in [-0.2, -0.15) is 0 Å². The normalized spacial score (nSPS) is 25.0. The molecule has 3 nitrogen and oxygen atoms in total. The van der Waals surface area contributed by atoms with Crippen molar-refractivity contribution < 1.29 is 9.47 Å². The highest BCUT2D eigenvalue weighted by Gasteiger charge is 2.34. The summed E-state index contributed by atoms with van der Waals surface area (Å²) in [4.78, 5) is 0. The van der Waals surface area contributed by atoms with E-state index in [2.05, 4.69) is 5.32 Å². The monoisotopic (exact) mass is 329 g/mol. The van der Waals surface area contributed by atoms with Crippen LogP contribution in [0.25, 0.3) is 0 Å². The van der Waals surface area contributed by atoms with Crippen molar-refractivity contribution in [3.63, 3.8) is 0 Å². The molecular weight excluding hydrogens is 309 g/mol. The van der Waals surface area contributed by atoms with Crippen LogP contribution >= 0.6 is 23.2 Å². The van der Waals surface area contributed by atoms with E-state index in [1.165, 1.54) is 0 Å². The summed E-state index contributed by atoms with van der Waals surface area (Å²) in [5.41, 5.74) is 0. The molecule has 2 saturated heterocycles. The average molecular weight is 330 g/mol. The molecule has 2 atom stereocenters. The number of ether oxygens (including phenoxy) is 2. The third kappa shape index (κ3) is 3.84. The minimum Gasteiger partial charge on any atom is -0.488 e. The molecule has 0 radical (unpaired) electrons. The molecule has 0 aliphatic carbocycles. The molecule has 2 heterocycles. The van der Waals surface area contributed by atoms with Gasteiger partial charge in [-0.25, -0.2) is 0 Å². The number of nitrogens with one attached hydrogen (secondary N) is 1. The fourth-order valence-corrected chi connectivity index (χ4v) is 3.75. The molecule has 0 amide bonds. The Balaban J connectivity index is 1.77. The summed E-state index contributed by atoms with van der Waals surface area (Å²) in [5, 5.41) is 4.66. The minimum absolute atomic E-state index is 0.197. The first kappa shape index (κ1) is 15.4. The highest BCUT2D eigenvalue weighted by molar-refractivity contribution is 6.35. The Bertz CT molecular complexity index is 471. The van der Waals surface area contributed by atoms with Crippen LogP contribution in [-0.2, 0) is 4.74 Å². The lowest BCUT2D eigenvalue weighted by Crippen LogP contribution is -2.39. The molecule has 1 aromatic carbocycles. The standard InChI is InChI=1S/C16H21Cl2NO2/c17-13-1-2-15(14(18)9-13)21-16(12-3-6-19-10-12)11-4-7-20-8-5-11/h1-2,9,11-12,16,19H,3-8,10H2/t12-,16-/m0/s1. The molecule has 0 unspecified atom stereocenters. The van der Waals surface area contributed by atoms with Gasteiger partial charge in [-0.3, -0.25) is 0 Å². The van der Waals surface area contributed by atoms with Crippen LogP contribution in [0.4, 0.5) is 0 Å². The fourth-order valence-electron chi connectivity index (χ4n) is 3.30. The van der Waals surface area contributed by atoms with Crippen LogP contribution in [0.5, 0.6) is 5.75 Å². The van der Waals surface area contributed by atoms with Crippen LogP contribution in [0.1, 0.15) is 19.3 Å². The van der Waals surface area contributed by atoms with Gasteiger partial charge in [0.1, 0.15) is 11.9 Å². The maximum Gasteiger partial charge on any atom is 0.138 e. The summed E-state index contributed by atoms with van der Waals surface area (Å²) in [6, 6.07) is 5.45. The molecule has 1 aromatic rings. The first-order valence-electron chi connectivity index (χ1n) is 7.64. The summed E-state index contributed by atoms with van der Waals surface area (Å²) in [6.45, 7) is 3.76. The van der Waals surface area contributed by atoms with Crippen molar-refractivity contribution in [3.8, 4) is 5.75 Å².